The Balaban J connectivity index is 1.23. The van der Waals surface area contributed by atoms with Gasteiger partial charge in [0.25, 0.3) is 0 Å². The van der Waals surface area contributed by atoms with Crippen molar-refractivity contribution in [3.05, 3.63) is 200 Å². The third-order valence-electron chi connectivity index (χ3n) is 10.7. The van der Waals surface area contributed by atoms with Crippen LogP contribution in [0.15, 0.2) is 200 Å². The lowest BCUT2D eigenvalue weighted by molar-refractivity contribution is 0.953. The predicted molar refractivity (Wildman–Crippen MR) is 230 cm³/mol. The molecule has 11 aromatic rings. The highest BCUT2D eigenvalue weighted by Crippen LogP contribution is 2.41. The SMILES string of the molecule is c1ccc(-c2cc(-c3ccccc3)cc(-n3c4ccccc4c4cc5c6ccccc6n(-c6nc(-c7ccccc7)nc(-c7ccccc7)n6)c5cc43)c2)cc1. The van der Waals surface area contributed by atoms with Crippen LogP contribution in [-0.2, 0) is 0 Å². The number of benzene rings is 8. The Kier molecular flexibility index (Phi) is 7.42. The van der Waals surface area contributed by atoms with Crippen molar-refractivity contribution in [2.75, 3.05) is 0 Å². The van der Waals surface area contributed by atoms with Gasteiger partial charge in [-0.05, 0) is 64.7 Å². The first-order valence-corrected chi connectivity index (χ1v) is 18.9. The van der Waals surface area contributed by atoms with Crippen LogP contribution in [0.5, 0.6) is 0 Å². The van der Waals surface area contributed by atoms with Crippen molar-refractivity contribution in [2.45, 2.75) is 0 Å². The maximum absolute atomic E-state index is 5.20. The molecule has 0 aliphatic rings. The van der Waals surface area contributed by atoms with Gasteiger partial charge in [0.05, 0.1) is 22.1 Å². The fourth-order valence-electron chi connectivity index (χ4n) is 8.16. The molecule has 0 aliphatic carbocycles. The summed E-state index contributed by atoms with van der Waals surface area (Å²) in [7, 11) is 0. The van der Waals surface area contributed by atoms with Crippen molar-refractivity contribution in [1.29, 1.82) is 0 Å². The predicted octanol–water partition coefficient (Wildman–Crippen LogP) is 12.7. The van der Waals surface area contributed by atoms with E-state index in [1.165, 1.54) is 21.9 Å². The van der Waals surface area contributed by atoms with E-state index >= 15 is 0 Å². The van der Waals surface area contributed by atoms with Crippen molar-refractivity contribution in [2.24, 2.45) is 0 Å². The zero-order valence-corrected chi connectivity index (χ0v) is 30.3. The van der Waals surface area contributed by atoms with Gasteiger partial charge in [-0.1, -0.05) is 158 Å². The van der Waals surface area contributed by atoms with E-state index in [9.17, 15) is 0 Å². The molecule has 0 radical (unpaired) electrons. The van der Waals surface area contributed by atoms with E-state index in [-0.39, 0.29) is 0 Å². The number of para-hydroxylation sites is 2. The summed E-state index contributed by atoms with van der Waals surface area (Å²) in [5.74, 6) is 1.83. The third-order valence-corrected chi connectivity index (χ3v) is 10.7. The summed E-state index contributed by atoms with van der Waals surface area (Å²) in [6, 6.07) is 70.5. The molecule has 0 amide bonds. The molecule has 5 heteroatoms. The molecule has 0 aliphatic heterocycles. The second-order valence-electron chi connectivity index (χ2n) is 14.1. The van der Waals surface area contributed by atoms with E-state index < -0.39 is 0 Å². The van der Waals surface area contributed by atoms with Gasteiger partial charge >= 0.3 is 0 Å². The van der Waals surface area contributed by atoms with Crippen LogP contribution in [0.25, 0.3) is 100 Å². The molecule has 8 aromatic carbocycles. The molecule has 0 saturated carbocycles. The first kappa shape index (κ1) is 31.9. The van der Waals surface area contributed by atoms with Gasteiger partial charge in [0.2, 0.25) is 5.95 Å². The number of nitrogens with zero attached hydrogens (tertiary/aromatic N) is 5. The second kappa shape index (κ2) is 13.0. The highest BCUT2D eigenvalue weighted by Gasteiger charge is 2.21. The van der Waals surface area contributed by atoms with E-state index in [0.717, 1.165) is 60.8 Å². The van der Waals surface area contributed by atoms with Crippen molar-refractivity contribution in [3.63, 3.8) is 0 Å². The van der Waals surface area contributed by atoms with Gasteiger partial charge in [-0.3, -0.25) is 4.57 Å². The quantitative estimate of drug-likeness (QED) is 0.172. The van der Waals surface area contributed by atoms with Crippen molar-refractivity contribution < 1.29 is 0 Å². The molecule has 262 valence electrons. The number of aromatic nitrogens is 5. The number of rotatable bonds is 6. The molecule has 0 fully saturated rings. The Hall–Kier alpha value is -7.63. The van der Waals surface area contributed by atoms with E-state index in [0.29, 0.717) is 17.6 Å². The third kappa shape index (κ3) is 5.29. The maximum atomic E-state index is 5.20. The van der Waals surface area contributed by atoms with E-state index in [1.54, 1.807) is 0 Å². The van der Waals surface area contributed by atoms with Crippen LogP contribution in [0, 0.1) is 0 Å². The molecule has 0 atom stereocenters. The Labute approximate surface area is 323 Å². The van der Waals surface area contributed by atoms with Crippen LogP contribution < -0.4 is 0 Å². The van der Waals surface area contributed by atoms with Gasteiger partial charge in [-0.2, -0.15) is 9.97 Å². The summed E-state index contributed by atoms with van der Waals surface area (Å²) in [5.41, 5.74) is 11.9. The molecule has 3 heterocycles. The lowest BCUT2D eigenvalue weighted by Gasteiger charge is -2.14. The smallest absolute Gasteiger partial charge is 0.238 e. The lowest BCUT2D eigenvalue weighted by atomic mass is 9.98. The van der Waals surface area contributed by atoms with Gasteiger partial charge in [-0.15, -0.1) is 0 Å². The topological polar surface area (TPSA) is 48.5 Å². The van der Waals surface area contributed by atoms with E-state index in [2.05, 4.69) is 173 Å². The summed E-state index contributed by atoms with van der Waals surface area (Å²) in [6.07, 6.45) is 0. The van der Waals surface area contributed by atoms with Crippen molar-refractivity contribution in [3.8, 4) is 56.7 Å². The van der Waals surface area contributed by atoms with Crippen LogP contribution in [0.3, 0.4) is 0 Å². The van der Waals surface area contributed by atoms with Gasteiger partial charge in [0.15, 0.2) is 11.6 Å². The van der Waals surface area contributed by atoms with E-state index in [1.807, 2.05) is 36.4 Å². The normalized spacial score (nSPS) is 11.6. The summed E-state index contributed by atoms with van der Waals surface area (Å²) < 4.78 is 4.63. The van der Waals surface area contributed by atoms with Crippen molar-refractivity contribution >= 4 is 43.6 Å². The number of hydrogen-bond acceptors (Lipinski definition) is 3. The zero-order valence-electron chi connectivity index (χ0n) is 30.3. The zero-order chi connectivity index (χ0) is 37.0. The Morgan fingerprint density at radius 1 is 0.268 bits per heavy atom. The van der Waals surface area contributed by atoms with Gasteiger partial charge < -0.3 is 4.57 Å². The van der Waals surface area contributed by atoms with Crippen LogP contribution in [0.2, 0.25) is 0 Å². The van der Waals surface area contributed by atoms with Crippen LogP contribution in [-0.4, -0.2) is 24.1 Å². The molecule has 0 unspecified atom stereocenters. The maximum Gasteiger partial charge on any atom is 0.238 e. The van der Waals surface area contributed by atoms with Crippen molar-refractivity contribution in [1.82, 2.24) is 24.1 Å². The highest BCUT2D eigenvalue weighted by molar-refractivity contribution is 6.19. The first-order valence-electron chi connectivity index (χ1n) is 18.9. The van der Waals surface area contributed by atoms with Gasteiger partial charge in [0, 0.05) is 38.4 Å². The largest absolute Gasteiger partial charge is 0.309 e. The fourth-order valence-corrected chi connectivity index (χ4v) is 8.16. The monoisotopic (exact) mass is 715 g/mol. The minimum atomic E-state index is 0.573. The standard InChI is InChI=1S/C51H33N5/c1-5-17-34(18-6-1)38-29-39(35-19-7-2-8-20-35)31-40(30-38)55-45-27-15-13-25-41(45)43-32-44-42-26-14-16-28-46(42)56(48(44)33-47(43)55)51-53-49(36-21-9-3-10-22-36)52-50(54-51)37-23-11-4-12-24-37/h1-33H. The Morgan fingerprint density at radius 3 is 1.18 bits per heavy atom. The van der Waals surface area contributed by atoms with E-state index in [4.69, 9.17) is 15.0 Å². The van der Waals surface area contributed by atoms with Crippen LogP contribution >= 0.6 is 0 Å². The minimum Gasteiger partial charge on any atom is -0.309 e. The summed E-state index contributed by atoms with van der Waals surface area (Å²) in [6.45, 7) is 0. The first-order chi connectivity index (χ1) is 27.8. The molecule has 56 heavy (non-hydrogen) atoms. The Bertz CT molecular complexity index is 2890. The summed E-state index contributed by atoms with van der Waals surface area (Å²) in [5, 5.41) is 4.67. The fraction of sp³-hybridized carbons (Fsp3) is 0. The summed E-state index contributed by atoms with van der Waals surface area (Å²) >= 11 is 0. The average molecular weight is 716 g/mol. The molecule has 3 aromatic heterocycles. The molecule has 11 rings (SSSR count). The average Bonchev–Trinajstić information content (AvgIpc) is 3.78. The van der Waals surface area contributed by atoms with Crippen LogP contribution in [0.4, 0.5) is 0 Å². The lowest BCUT2D eigenvalue weighted by Crippen LogP contribution is -2.06. The molecule has 0 N–H and O–H groups in total. The number of fused-ring (bicyclic) bond motifs is 6. The molecule has 5 nitrogen and oxygen atoms in total. The molecular formula is C51H33N5. The number of hydrogen-bond donors (Lipinski definition) is 0. The molecular weight excluding hydrogens is 683 g/mol. The molecule has 0 saturated heterocycles. The van der Waals surface area contributed by atoms with Gasteiger partial charge in [0.1, 0.15) is 0 Å². The van der Waals surface area contributed by atoms with Crippen LogP contribution in [0.1, 0.15) is 0 Å². The second-order valence-corrected chi connectivity index (χ2v) is 14.1. The minimum absolute atomic E-state index is 0.573. The Morgan fingerprint density at radius 2 is 0.679 bits per heavy atom. The summed E-state index contributed by atoms with van der Waals surface area (Å²) in [4.78, 5) is 15.4. The van der Waals surface area contributed by atoms with Gasteiger partial charge in [-0.25, -0.2) is 4.98 Å². The molecule has 0 spiro atoms. The molecule has 0 bridgehead atoms. The highest BCUT2D eigenvalue weighted by atomic mass is 15.2.